The number of nitrogens with two attached hydrogens (primary N) is 1. The van der Waals surface area contributed by atoms with Crippen LogP contribution in [-0.2, 0) is 9.59 Å². The van der Waals surface area contributed by atoms with Crippen molar-refractivity contribution in [3.63, 3.8) is 0 Å². The number of hydrazone groups is 1. The second-order valence-corrected chi connectivity index (χ2v) is 11.3. The lowest BCUT2D eigenvalue weighted by Gasteiger charge is -2.42. The summed E-state index contributed by atoms with van der Waals surface area (Å²) < 4.78 is 6.10. The third kappa shape index (κ3) is 7.38. The zero-order chi connectivity index (χ0) is 31.8. The molecule has 2 fully saturated rings. The number of benzene rings is 2. The number of hydrogen-bond donors (Lipinski definition) is 2. The van der Waals surface area contributed by atoms with Crippen LogP contribution in [0.15, 0.2) is 76.3 Å². The highest BCUT2D eigenvalue weighted by Gasteiger charge is 2.43. The Hall–Kier alpha value is -4.19. The van der Waals surface area contributed by atoms with Crippen LogP contribution in [0.3, 0.4) is 0 Å². The second kappa shape index (κ2) is 15.2. The number of hydrogen-bond acceptors (Lipinski definition) is 10. The number of nitrogens with zero attached hydrogens (tertiary/aromatic N) is 6. The van der Waals surface area contributed by atoms with E-state index in [1.165, 1.54) is 6.08 Å². The average molecular weight is 613 g/mol. The molecule has 3 N–H and O–H groups in total. The minimum atomic E-state index is -0.512. The fraction of sp³-hybridized carbons (Fsp3) is 0.441. The number of amides is 1. The van der Waals surface area contributed by atoms with Crippen molar-refractivity contribution in [2.45, 2.75) is 57.8 Å². The highest BCUT2D eigenvalue weighted by Crippen LogP contribution is 2.37. The summed E-state index contributed by atoms with van der Waals surface area (Å²) in [5, 5.41) is 10.1. The number of carbonyl (C=O) groups excluding carboxylic acids is 2. The topological polar surface area (TPSA) is 128 Å². The molecule has 238 valence electrons. The van der Waals surface area contributed by atoms with E-state index in [9.17, 15) is 9.59 Å². The van der Waals surface area contributed by atoms with Crippen LogP contribution in [-0.4, -0.2) is 95.9 Å². The van der Waals surface area contributed by atoms with E-state index in [2.05, 4.69) is 36.7 Å². The van der Waals surface area contributed by atoms with Crippen molar-refractivity contribution in [2.75, 3.05) is 38.0 Å². The van der Waals surface area contributed by atoms with Crippen molar-refractivity contribution in [2.24, 2.45) is 26.7 Å². The van der Waals surface area contributed by atoms with Crippen molar-refractivity contribution in [3.05, 3.63) is 66.7 Å². The third-order valence-corrected chi connectivity index (χ3v) is 8.75. The Morgan fingerprint density at radius 3 is 2.44 bits per heavy atom. The van der Waals surface area contributed by atoms with Crippen molar-refractivity contribution in [1.29, 1.82) is 0 Å². The lowest BCUT2D eigenvalue weighted by atomic mass is 9.88. The molecule has 1 amide bonds. The van der Waals surface area contributed by atoms with Gasteiger partial charge < -0.3 is 20.6 Å². The van der Waals surface area contributed by atoms with Crippen LogP contribution in [0, 0.1) is 5.92 Å². The molecule has 2 unspecified atom stereocenters. The second-order valence-electron chi connectivity index (χ2n) is 11.3. The Labute approximate surface area is 265 Å². The van der Waals surface area contributed by atoms with Crippen LogP contribution in [0.1, 0.15) is 45.1 Å². The highest BCUT2D eigenvalue weighted by molar-refractivity contribution is 6.20. The molecular formula is C34H44N8O3. The van der Waals surface area contributed by atoms with E-state index in [0.717, 1.165) is 75.3 Å². The van der Waals surface area contributed by atoms with Gasteiger partial charge in [0.25, 0.3) is 0 Å². The summed E-state index contributed by atoms with van der Waals surface area (Å²) in [6, 6.07) is 15.8. The van der Waals surface area contributed by atoms with Gasteiger partial charge in [0, 0.05) is 37.8 Å². The Morgan fingerprint density at radius 2 is 1.76 bits per heavy atom. The van der Waals surface area contributed by atoms with E-state index in [0.29, 0.717) is 29.8 Å². The number of rotatable bonds is 9. The highest BCUT2D eigenvalue weighted by atomic mass is 16.5. The number of aliphatic imine (C=N–C) groups is 2. The number of para-hydroxylation sites is 1. The van der Waals surface area contributed by atoms with Crippen molar-refractivity contribution in [1.82, 2.24) is 14.8 Å². The summed E-state index contributed by atoms with van der Waals surface area (Å²) >= 11 is 0. The molecule has 2 atom stereocenters. The fourth-order valence-electron chi connectivity index (χ4n) is 6.47. The van der Waals surface area contributed by atoms with E-state index in [1.807, 2.05) is 62.4 Å². The standard InChI is InChI=1S/C32H38N8O3.C2H6/c1-2-28(42)36-26-20-22(8-13-27(26)43-25-6-4-3-5-7-25)30-29-31(33)34-21-35-32(29)40(37-30)24-11-9-23(10-12-24)39-16-14-38(15-17-39)18-19-41;1-2/h2-8,13,19-21,23-24,29,31H,1,9-12,14-18,33H2,(H,36,42);1-2H3. The van der Waals surface area contributed by atoms with Gasteiger partial charge >= 0.3 is 0 Å². The van der Waals surface area contributed by atoms with Crippen molar-refractivity contribution in [3.8, 4) is 11.5 Å². The number of fused-ring (bicyclic) bond motifs is 1. The van der Waals surface area contributed by atoms with Gasteiger partial charge in [-0.15, -0.1) is 0 Å². The van der Waals surface area contributed by atoms with E-state index >= 15 is 0 Å². The lowest BCUT2D eigenvalue weighted by Crippen LogP contribution is -2.52. The predicted octanol–water partition coefficient (Wildman–Crippen LogP) is 4.12. The summed E-state index contributed by atoms with van der Waals surface area (Å²) in [5.41, 5.74) is 8.63. The first-order valence-electron chi connectivity index (χ1n) is 16.0. The number of ether oxygens (including phenoxy) is 1. The molecule has 0 spiro atoms. The first-order valence-corrected chi connectivity index (χ1v) is 16.0. The fourth-order valence-corrected chi connectivity index (χ4v) is 6.47. The van der Waals surface area contributed by atoms with E-state index in [4.69, 9.17) is 15.6 Å². The van der Waals surface area contributed by atoms with E-state index < -0.39 is 6.17 Å². The third-order valence-electron chi connectivity index (χ3n) is 8.75. The molecule has 2 aromatic carbocycles. The minimum absolute atomic E-state index is 0.214. The maximum atomic E-state index is 12.3. The average Bonchev–Trinajstić information content (AvgIpc) is 3.48. The molecule has 1 aliphatic carbocycles. The van der Waals surface area contributed by atoms with Crippen molar-refractivity contribution >= 4 is 35.8 Å². The number of piperazine rings is 1. The molecule has 0 radical (unpaired) electrons. The van der Waals surface area contributed by atoms with E-state index in [1.54, 1.807) is 6.34 Å². The first-order chi connectivity index (χ1) is 22.0. The SMILES string of the molecule is C=CC(=O)Nc1cc(C2=NN(C3CCC(N4CCN(CC=O)CC4)CC3)C3=NC=NC(N)C23)ccc1Oc1ccccc1.CC. The number of nitrogens with one attached hydrogen (secondary N) is 1. The van der Waals surface area contributed by atoms with Gasteiger partial charge in [-0.1, -0.05) is 38.6 Å². The van der Waals surface area contributed by atoms with Gasteiger partial charge in [0.1, 0.15) is 30.4 Å². The molecular weight excluding hydrogens is 568 g/mol. The molecule has 1 saturated heterocycles. The molecule has 45 heavy (non-hydrogen) atoms. The van der Waals surface area contributed by atoms with Gasteiger partial charge in [0.15, 0.2) is 5.75 Å². The van der Waals surface area contributed by atoms with Gasteiger partial charge in [-0.25, -0.2) is 10.0 Å². The summed E-state index contributed by atoms with van der Waals surface area (Å²) in [5.74, 6) is 1.35. The lowest BCUT2D eigenvalue weighted by molar-refractivity contribution is -0.112. The van der Waals surface area contributed by atoms with Gasteiger partial charge in [0.2, 0.25) is 5.91 Å². The Bertz CT molecular complexity index is 1430. The predicted molar refractivity (Wildman–Crippen MR) is 179 cm³/mol. The molecule has 3 heterocycles. The summed E-state index contributed by atoms with van der Waals surface area (Å²) in [4.78, 5) is 37.1. The van der Waals surface area contributed by atoms with Crippen LogP contribution in [0.2, 0.25) is 0 Å². The maximum Gasteiger partial charge on any atom is 0.247 e. The van der Waals surface area contributed by atoms with Crippen LogP contribution < -0.4 is 15.8 Å². The van der Waals surface area contributed by atoms with Crippen LogP contribution in [0.4, 0.5) is 5.69 Å². The molecule has 3 aliphatic heterocycles. The Morgan fingerprint density at radius 1 is 1.04 bits per heavy atom. The smallest absolute Gasteiger partial charge is 0.247 e. The monoisotopic (exact) mass is 612 g/mol. The Balaban J connectivity index is 0.00000196. The molecule has 0 bridgehead atoms. The molecule has 2 aromatic rings. The summed E-state index contributed by atoms with van der Waals surface area (Å²) in [6.45, 7) is 12.0. The van der Waals surface area contributed by atoms with Gasteiger partial charge in [0.05, 0.1) is 29.9 Å². The van der Waals surface area contributed by atoms with E-state index in [-0.39, 0.29) is 17.9 Å². The molecule has 4 aliphatic rings. The minimum Gasteiger partial charge on any atom is -0.455 e. The molecule has 11 nitrogen and oxygen atoms in total. The molecule has 0 aromatic heterocycles. The molecule has 1 saturated carbocycles. The van der Waals surface area contributed by atoms with Crippen LogP contribution in [0.5, 0.6) is 11.5 Å². The molecule has 6 rings (SSSR count). The van der Waals surface area contributed by atoms with Gasteiger partial charge in [-0.2, -0.15) is 5.10 Å². The maximum absolute atomic E-state index is 12.3. The summed E-state index contributed by atoms with van der Waals surface area (Å²) in [7, 11) is 0. The molecule has 11 heteroatoms. The number of carbonyl (C=O) groups is 2. The van der Waals surface area contributed by atoms with Gasteiger partial charge in [-0.05, 0) is 62.1 Å². The van der Waals surface area contributed by atoms with Crippen LogP contribution in [0.25, 0.3) is 0 Å². The number of amidine groups is 1. The quantitative estimate of drug-likeness (QED) is 0.322. The number of aldehydes is 1. The largest absolute Gasteiger partial charge is 0.455 e. The normalized spacial score (nSPS) is 24.8. The summed E-state index contributed by atoms with van der Waals surface area (Å²) in [6.07, 6.45) is 7.42. The van der Waals surface area contributed by atoms with Crippen LogP contribution >= 0.6 is 0 Å². The Kier molecular flexibility index (Phi) is 10.9. The van der Waals surface area contributed by atoms with Gasteiger partial charge in [-0.3, -0.25) is 19.6 Å². The van der Waals surface area contributed by atoms with Crippen molar-refractivity contribution < 1.29 is 14.3 Å². The zero-order valence-corrected chi connectivity index (χ0v) is 26.2. The first kappa shape index (κ1) is 32.2. The number of anilines is 1. The zero-order valence-electron chi connectivity index (χ0n) is 26.2.